The van der Waals surface area contributed by atoms with Gasteiger partial charge in [-0.15, -0.1) is 0 Å². The molecule has 128 valence electrons. The van der Waals surface area contributed by atoms with Gasteiger partial charge < -0.3 is 15.4 Å². The van der Waals surface area contributed by atoms with Gasteiger partial charge in [0.25, 0.3) is 5.63 Å². The van der Waals surface area contributed by atoms with Crippen LogP contribution in [0.2, 0.25) is 5.02 Å². The minimum atomic E-state index is -4.24. The Morgan fingerprint density at radius 1 is 1.08 bits per heavy atom. The van der Waals surface area contributed by atoms with E-state index in [1.807, 2.05) is 0 Å². The first-order valence-corrected chi connectivity index (χ1v) is 7.37. The summed E-state index contributed by atoms with van der Waals surface area (Å²) in [5, 5.41) is 5.30. The molecule has 0 aliphatic carbocycles. The Balaban J connectivity index is 2.09. The van der Waals surface area contributed by atoms with Crippen molar-refractivity contribution in [1.82, 2.24) is 0 Å². The summed E-state index contributed by atoms with van der Waals surface area (Å²) in [6.45, 7) is 0. The summed E-state index contributed by atoms with van der Waals surface area (Å²) in [5.74, 6) is -0.433. The number of para-hydroxylation sites is 2. The Morgan fingerprint density at radius 3 is 2.33 bits per heavy atom. The molecule has 0 bridgehead atoms. The van der Waals surface area contributed by atoms with E-state index in [2.05, 4.69) is 15.4 Å². The minimum Gasteiger partial charge on any atom is -0.427 e. The standard InChI is InChI=1S/C15H11Cl2F3N2O2/c16-9-5-7-10(8-6-9)21-14(23)22-11-3-1-2-4-12(11)24-15(19,20)13(17)18/h1-8,13H,(H2,21,22,23). The molecule has 1 unspecified atom stereocenters. The molecule has 0 heterocycles. The first-order valence-electron chi connectivity index (χ1n) is 6.55. The second-order valence-electron chi connectivity index (χ2n) is 4.55. The van der Waals surface area contributed by atoms with Crippen LogP contribution < -0.4 is 15.4 Å². The summed E-state index contributed by atoms with van der Waals surface area (Å²) in [6, 6.07) is 10.9. The summed E-state index contributed by atoms with van der Waals surface area (Å²) in [4.78, 5) is 11.9. The molecule has 2 rings (SSSR count). The van der Waals surface area contributed by atoms with E-state index < -0.39 is 23.5 Å². The summed E-state index contributed by atoms with van der Waals surface area (Å²) < 4.78 is 43.4. The Labute approximate surface area is 145 Å². The number of amides is 2. The maximum atomic E-state index is 13.3. The van der Waals surface area contributed by atoms with Gasteiger partial charge in [0.1, 0.15) is 5.75 Å². The van der Waals surface area contributed by atoms with Gasteiger partial charge in [-0.2, -0.15) is 8.78 Å². The minimum absolute atomic E-state index is 0.0824. The number of benzene rings is 2. The van der Waals surface area contributed by atoms with Gasteiger partial charge in [-0.25, -0.2) is 9.18 Å². The third-order valence-electron chi connectivity index (χ3n) is 2.74. The highest BCUT2D eigenvalue weighted by atomic mass is 35.5. The van der Waals surface area contributed by atoms with Crippen molar-refractivity contribution in [2.45, 2.75) is 11.7 Å². The van der Waals surface area contributed by atoms with Gasteiger partial charge in [0.15, 0.2) is 0 Å². The van der Waals surface area contributed by atoms with Gasteiger partial charge in [0, 0.05) is 10.7 Å². The molecular weight excluding hydrogens is 368 g/mol. The number of ether oxygens (including phenoxy) is 1. The van der Waals surface area contributed by atoms with Crippen LogP contribution >= 0.6 is 23.2 Å². The fraction of sp³-hybridized carbons (Fsp3) is 0.133. The van der Waals surface area contributed by atoms with Crippen LogP contribution in [0.25, 0.3) is 0 Å². The molecule has 0 saturated heterocycles. The summed E-state index contributed by atoms with van der Waals surface area (Å²) in [5.41, 5.74) is -2.68. The second kappa shape index (κ2) is 7.63. The highest BCUT2D eigenvalue weighted by molar-refractivity contribution is 6.30. The molecule has 0 aliphatic heterocycles. The van der Waals surface area contributed by atoms with E-state index in [4.69, 9.17) is 23.2 Å². The quantitative estimate of drug-likeness (QED) is 0.675. The topological polar surface area (TPSA) is 50.4 Å². The zero-order valence-corrected chi connectivity index (χ0v) is 13.4. The molecule has 24 heavy (non-hydrogen) atoms. The number of halogens is 5. The average Bonchev–Trinajstić information content (AvgIpc) is 2.51. The SMILES string of the molecule is O=C(Nc1ccc(Cl)cc1)Nc1ccccc1OC(F)(F)C(F)Cl. The normalized spacial score (nSPS) is 12.4. The zero-order chi connectivity index (χ0) is 17.7. The van der Waals surface area contributed by atoms with E-state index in [0.717, 1.165) is 6.07 Å². The van der Waals surface area contributed by atoms with E-state index >= 15 is 0 Å². The van der Waals surface area contributed by atoms with E-state index in [9.17, 15) is 18.0 Å². The third-order valence-corrected chi connectivity index (χ3v) is 3.24. The van der Waals surface area contributed by atoms with Crippen molar-refractivity contribution in [2.24, 2.45) is 0 Å². The Bertz CT molecular complexity index is 712. The van der Waals surface area contributed by atoms with Gasteiger partial charge >= 0.3 is 12.1 Å². The van der Waals surface area contributed by atoms with Crippen LogP contribution in [0.15, 0.2) is 48.5 Å². The maximum absolute atomic E-state index is 13.3. The largest absolute Gasteiger partial charge is 0.444 e. The highest BCUT2D eigenvalue weighted by Crippen LogP contribution is 2.33. The molecule has 2 N–H and O–H groups in total. The first kappa shape index (κ1) is 18.2. The van der Waals surface area contributed by atoms with Gasteiger partial charge in [-0.05, 0) is 36.4 Å². The van der Waals surface area contributed by atoms with Crippen LogP contribution in [0, 0.1) is 0 Å². The molecule has 0 saturated carbocycles. The fourth-order valence-corrected chi connectivity index (χ4v) is 1.84. The van der Waals surface area contributed by atoms with E-state index in [-0.39, 0.29) is 5.69 Å². The molecule has 4 nitrogen and oxygen atoms in total. The summed E-state index contributed by atoms with van der Waals surface area (Å²) in [6.07, 6.45) is -4.24. The number of hydrogen-bond donors (Lipinski definition) is 2. The van der Waals surface area contributed by atoms with Gasteiger partial charge in [-0.3, -0.25) is 0 Å². The van der Waals surface area contributed by atoms with E-state index in [1.54, 1.807) is 24.3 Å². The molecule has 2 aromatic rings. The molecule has 1 atom stereocenters. The lowest BCUT2D eigenvalue weighted by atomic mass is 10.3. The van der Waals surface area contributed by atoms with Crippen molar-refractivity contribution in [2.75, 3.05) is 10.6 Å². The number of nitrogens with one attached hydrogen (secondary N) is 2. The summed E-state index contributed by atoms with van der Waals surface area (Å²) >= 11 is 10.5. The van der Waals surface area contributed by atoms with Crippen LogP contribution in [0.4, 0.5) is 29.3 Å². The summed E-state index contributed by atoms with van der Waals surface area (Å²) in [7, 11) is 0. The molecule has 0 aromatic heterocycles. The van der Waals surface area contributed by atoms with Crippen molar-refractivity contribution >= 4 is 40.6 Å². The Hall–Kier alpha value is -2.12. The zero-order valence-electron chi connectivity index (χ0n) is 11.9. The van der Waals surface area contributed by atoms with Gasteiger partial charge in [-0.1, -0.05) is 35.3 Å². The van der Waals surface area contributed by atoms with Crippen molar-refractivity contribution in [3.63, 3.8) is 0 Å². The lowest BCUT2D eigenvalue weighted by Crippen LogP contribution is -2.33. The number of carbonyl (C=O) groups excluding carboxylic acids is 1. The number of rotatable bonds is 5. The van der Waals surface area contributed by atoms with Gasteiger partial charge in [0.05, 0.1) is 5.69 Å². The lowest BCUT2D eigenvalue weighted by molar-refractivity contribution is -0.198. The molecule has 9 heteroatoms. The second-order valence-corrected chi connectivity index (χ2v) is 5.37. The van der Waals surface area contributed by atoms with Gasteiger partial charge in [0.2, 0.25) is 0 Å². The lowest BCUT2D eigenvalue weighted by Gasteiger charge is -2.20. The van der Waals surface area contributed by atoms with Crippen LogP contribution in [-0.2, 0) is 0 Å². The average molecular weight is 379 g/mol. The predicted molar refractivity (Wildman–Crippen MR) is 86.9 cm³/mol. The predicted octanol–water partition coefficient (Wildman–Crippen LogP) is 5.49. The van der Waals surface area contributed by atoms with Crippen LogP contribution in [0.5, 0.6) is 5.75 Å². The first-order chi connectivity index (χ1) is 11.3. The number of alkyl halides is 4. The molecule has 0 spiro atoms. The van der Waals surface area contributed by atoms with Crippen LogP contribution in [0.1, 0.15) is 0 Å². The third kappa shape index (κ3) is 4.94. The molecular formula is C15H11Cl2F3N2O2. The van der Waals surface area contributed by atoms with Crippen molar-refractivity contribution in [3.05, 3.63) is 53.6 Å². The molecule has 0 fully saturated rings. The van der Waals surface area contributed by atoms with Crippen molar-refractivity contribution in [1.29, 1.82) is 0 Å². The van der Waals surface area contributed by atoms with E-state index in [0.29, 0.717) is 10.7 Å². The van der Waals surface area contributed by atoms with Crippen LogP contribution in [0.3, 0.4) is 0 Å². The number of urea groups is 1. The van der Waals surface area contributed by atoms with E-state index in [1.165, 1.54) is 18.2 Å². The molecule has 2 aromatic carbocycles. The smallest absolute Gasteiger partial charge is 0.427 e. The Morgan fingerprint density at radius 2 is 1.71 bits per heavy atom. The molecule has 2 amide bonds. The number of hydrogen-bond acceptors (Lipinski definition) is 2. The monoisotopic (exact) mass is 378 g/mol. The number of anilines is 2. The van der Waals surface area contributed by atoms with Crippen LogP contribution in [-0.4, -0.2) is 17.8 Å². The van der Waals surface area contributed by atoms with Crippen molar-refractivity contribution < 1.29 is 22.7 Å². The molecule has 0 aliphatic rings. The fourth-order valence-electron chi connectivity index (χ4n) is 1.67. The molecule has 0 radical (unpaired) electrons. The number of carbonyl (C=O) groups is 1. The van der Waals surface area contributed by atoms with Crippen molar-refractivity contribution in [3.8, 4) is 5.75 Å². The highest BCUT2D eigenvalue weighted by Gasteiger charge is 2.42. The Kier molecular flexibility index (Phi) is 5.80. The maximum Gasteiger partial charge on any atom is 0.444 e.